The van der Waals surface area contributed by atoms with Gasteiger partial charge in [-0.25, -0.2) is 0 Å². The molecule has 3 aliphatic heterocycles. The average molecular weight is 383 g/mol. The molecule has 0 aliphatic carbocycles. The summed E-state index contributed by atoms with van der Waals surface area (Å²) in [6, 6.07) is 17.1. The first-order chi connectivity index (χ1) is 13.0. The number of esters is 1. The van der Waals surface area contributed by atoms with Crippen LogP contribution in [0, 0.1) is 5.92 Å². The number of rotatable bonds is 4. The predicted molar refractivity (Wildman–Crippen MR) is 105 cm³/mol. The number of carbonyl (C=O) groups is 2. The van der Waals surface area contributed by atoms with Crippen LogP contribution in [0.2, 0.25) is 0 Å². The fourth-order valence-electron chi connectivity index (χ4n) is 3.89. The Morgan fingerprint density at radius 2 is 1.89 bits per heavy atom. The monoisotopic (exact) mass is 383 g/mol. The lowest BCUT2D eigenvalue weighted by atomic mass is 9.77. The summed E-state index contributed by atoms with van der Waals surface area (Å²) in [6.45, 7) is 1.90. The minimum absolute atomic E-state index is 0.0229. The van der Waals surface area contributed by atoms with Crippen LogP contribution in [0.5, 0.6) is 5.75 Å². The lowest BCUT2D eigenvalue weighted by Gasteiger charge is -2.50. The Hall–Kier alpha value is -2.47. The number of benzene rings is 2. The van der Waals surface area contributed by atoms with Gasteiger partial charge in [-0.3, -0.25) is 9.59 Å². The molecule has 27 heavy (non-hydrogen) atoms. The highest BCUT2D eigenvalue weighted by atomic mass is 32.2. The summed E-state index contributed by atoms with van der Waals surface area (Å²) in [7, 11) is 1.60. The number of nitrogens with one attached hydrogen (secondary N) is 1. The van der Waals surface area contributed by atoms with Gasteiger partial charge in [-0.15, -0.1) is 11.8 Å². The van der Waals surface area contributed by atoms with Crippen molar-refractivity contribution in [1.29, 1.82) is 0 Å². The van der Waals surface area contributed by atoms with E-state index in [0.29, 0.717) is 12.1 Å². The molecule has 3 saturated heterocycles. The number of thioether (sulfide) groups is 1. The molecule has 0 spiro atoms. The van der Waals surface area contributed by atoms with Gasteiger partial charge in [-0.1, -0.05) is 30.3 Å². The van der Waals surface area contributed by atoms with Crippen molar-refractivity contribution in [3.8, 4) is 5.75 Å². The van der Waals surface area contributed by atoms with E-state index in [9.17, 15) is 9.59 Å². The molecular weight excluding hydrogens is 362 g/mol. The van der Waals surface area contributed by atoms with Gasteiger partial charge in [0.15, 0.2) is 4.93 Å². The molecule has 3 aliphatic rings. The van der Waals surface area contributed by atoms with Gasteiger partial charge in [0, 0.05) is 18.0 Å². The van der Waals surface area contributed by atoms with Crippen molar-refractivity contribution in [2.75, 3.05) is 12.4 Å². The number of methoxy groups -OCH3 is 1. The van der Waals surface area contributed by atoms with Crippen LogP contribution in [0.1, 0.15) is 24.8 Å². The van der Waals surface area contributed by atoms with E-state index in [-0.39, 0.29) is 17.8 Å². The van der Waals surface area contributed by atoms with Gasteiger partial charge >= 0.3 is 5.97 Å². The number of hydrogen-bond donors (Lipinski definition) is 1. The molecule has 3 heterocycles. The van der Waals surface area contributed by atoms with Crippen molar-refractivity contribution in [2.45, 2.75) is 29.4 Å². The zero-order chi connectivity index (χ0) is 19.0. The van der Waals surface area contributed by atoms with Crippen LogP contribution < -0.4 is 10.1 Å². The number of ether oxygens (including phenoxy) is 2. The standard InChI is InChI=1S/C21H21NO4S/c1-21-12-16(13-6-4-3-5-7-13)17(20(24)26-21)18(27-21)19(23)22-14-8-10-15(25-2)11-9-14/h3-11,16-18H,12H2,1-2H3,(H,22,23). The van der Waals surface area contributed by atoms with Gasteiger partial charge in [0.2, 0.25) is 5.91 Å². The Morgan fingerprint density at radius 1 is 1.19 bits per heavy atom. The molecule has 1 amide bonds. The largest absolute Gasteiger partial charge is 0.497 e. The second kappa shape index (κ2) is 6.93. The molecule has 0 saturated carbocycles. The summed E-state index contributed by atoms with van der Waals surface area (Å²) in [5, 5.41) is 2.45. The quantitative estimate of drug-likeness (QED) is 0.814. The van der Waals surface area contributed by atoms with Crippen molar-refractivity contribution in [2.24, 2.45) is 5.92 Å². The maximum absolute atomic E-state index is 13.0. The van der Waals surface area contributed by atoms with E-state index in [2.05, 4.69) is 5.32 Å². The Kier molecular flexibility index (Phi) is 4.60. The first-order valence-electron chi connectivity index (χ1n) is 8.90. The molecule has 3 fully saturated rings. The number of carbonyl (C=O) groups excluding carboxylic acids is 2. The molecular formula is C21H21NO4S. The van der Waals surface area contributed by atoms with E-state index >= 15 is 0 Å². The number of fused-ring (bicyclic) bond motifs is 3. The maximum Gasteiger partial charge on any atom is 0.312 e. The van der Waals surface area contributed by atoms with Crippen molar-refractivity contribution in [3.05, 3.63) is 60.2 Å². The Balaban J connectivity index is 1.59. The summed E-state index contributed by atoms with van der Waals surface area (Å²) in [5.74, 6) is -0.243. The highest BCUT2D eigenvalue weighted by molar-refractivity contribution is 8.02. The first kappa shape index (κ1) is 17.9. The smallest absolute Gasteiger partial charge is 0.312 e. The number of amides is 1. The van der Waals surface area contributed by atoms with Gasteiger partial charge in [0.05, 0.1) is 13.0 Å². The van der Waals surface area contributed by atoms with Crippen molar-refractivity contribution < 1.29 is 19.1 Å². The Labute approximate surface area is 162 Å². The van der Waals surface area contributed by atoms with Crippen LogP contribution in [0.3, 0.4) is 0 Å². The summed E-state index contributed by atoms with van der Waals surface area (Å²) in [5.41, 5.74) is 1.76. The number of hydrogen-bond acceptors (Lipinski definition) is 5. The second-order valence-electron chi connectivity index (χ2n) is 7.06. The first-order valence-corrected chi connectivity index (χ1v) is 9.77. The summed E-state index contributed by atoms with van der Waals surface area (Å²) in [4.78, 5) is 25.0. The minimum atomic E-state index is -0.686. The van der Waals surface area contributed by atoms with E-state index in [4.69, 9.17) is 9.47 Å². The van der Waals surface area contributed by atoms with Crippen LogP contribution in [-0.4, -0.2) is 29.2 Å². The average Bonchev–Trinajstić information content (AvgIpc) is 2.68. The third-order valence-electron chi connectivity index (χ3n) is 5.16. The second-order valence-corrected chi connectivity index (χ2v) is 8.67. The van der Waals surface area contributed by atoms with E-state index in [0.717, 1.165) is 11.3 Å². The van der Waals surface area contributed by atoms with Crippen LogP contribution >= 0.6 is 11.8 Å². The molecule has 2 bridgehead atoms. The van der Waals surface area contributed by atoms with Gasteiger partial charge in [-0.05, 0) is 36.8 Å². The molecule has 6 heteroatoms. The predicted octanol–water partition coefficient (Wildman–Crippen LogP) is 3.81. The molecule has 2 aromatic carbocycles. The van der Waals surface area contributed by atoms with Crippen molar-refractivity contribution in [1.82, 2.24) is 0 Å². The van der Waals surface area contributed by atoms with Crippen LogP contribution in [0.25, 0.3) is 0 Å². The topological polar surface area (TPSA) is 64.6 Å². The third kappa shape index (κ3) is 3.41. The summed E-state index contributed by atoms with van der Waals surface area (Å²) in [6.07, 6.45) is 0.713. The molecule has 5 nitrogen and oxygen atoms in total. The molecule has 0 aromatic heterocycles. The minimum Gasteiger partial charge on any atom is -0.497 e. The number of anilines is 1. The van der Waals surface area contributed by atoms with Gasteiger partial charge < -0.3 is 14.8 Å². The van der Waals surface area contributed by atoms with Crippen molar-refractivity contribution in [3.63, 3.8) is 0 Å². The van der Waals surface area contributed by atoms with E-state index in [1.54, 1.807) is 31.4 Å². The molecule has 5 rings (SSSR count). The highest BCUT2D eigenvalue weighted by Crippen LogP contribution is 2.56. The third-order valence-corrected chi connectivity index (χ3v) is 6.67. The lowest BCUT2D eigenvalue weighted by molar-refractivity contribution is -0.167. The zero-order valence-corrected chi connectivity index (χ0v) is 16.0. The Morgan fingerprint density at radius 3 is 2.52 bits per heavy atom. The molecule has 4 unspecified atom stereocenters. The van der Waals surface area contributed by atoms with Crippen molar-refractivity contribution >= 4 is 29.3 Å². The van der Waals surface area contributed by atoms with Gasteiger partial charge in [-0.2, -0.15) is 0 Å². The molecule has 4 atom stereocenters. The van der Waals surface area contributed by atoms with Crippen LogP contribution in [-0.2, 0) is 14.3 Å². The molecule has 1 N–H and O–H groups in total. The van der Waals surface area contributed by atoms with Crippen LogP contribution in [0.4, 0.5) is 5.69 Å². The fourth-order valence-corrected chi connectivity index (χ4v) is 5.45. The summed E-state index contributed by atoms with van der Waals surface area (Å²) < 4.78 is 10.8. The Bertz CT molecular complexity index is 854. The normalized spacial score (nSPS) is 29.1. The highest BCUT2D eigenvalue weighted by Gasteiger charge is 2.58. The van der Waals surface area contributed by atoms with Gasteiger partial charge in [0.25, 0.3) is 0 Å². The van der Waals surface area contributed by atoms with Crippen LogP contribution in [0.15, 0.2) is 54.6 Å². The van der Waals surface area contributed by atoms with E-state index < -0.39 is 16.1 Å². The zero-order valence-electron chi connectivity index (χ0n) is 15.2. The van der Waals surface area contributed by atoms with Gasteiger partial charge in [0.1, 0.15) is 11.0 Å². The summed E-state index contributed by atoms with van der Waals surface area (Å²) >= 11 is 1.44. The SMILES string of the molecule is COc1ccc(NC(=O)C2SC3(C)CC(c4ccccc4)C2C(=O)O3)cc1. The molecule has 2 aromatic rings. The van der Waals surface area contributed by atoms with E-state index in [1.165, 1.54) is 11.8 Å². The van der Waals surface area contributed by atoms with E-state index in [1.807, 2.05) is 37.3 Å². The lowest BCUT2D eigenvalue weighted by Crippen LogP contribution is -2.56. The fraction of sp³-hybridized carbons (Fsp3) is 0.333. The maximum atomic E-state index is 13.0. The molecule has 0 radical (unpaired) electrons. The molecule has 140 valence electrons.